The molecule has 0 saturated carbocycles. The van der Waals surface area contributed by atoms with Crippen LogP contribution in [0.25, 0.3) is 0 Å². The number of methoxy groups -OCH3 is 1. The lowest BCUT2D eigenvalue weighted by atomic mass is 10.1. The summed E-state index contributed by atoms with van der Waals surface area (Å²) >= 11 is 0. The molecule has 0 radical (unpaired) electrons. The molecule has 102 valence electrons. The van der Waals surface area contributed by atoms with Gasteiger partial charge in [-0.1, -0.05) is 6.07 Å². The van der Waals surface area contributed by atoms with Gasteiger partial charge < -0.3 is 4.74 Å². The lowest BCUT2D eigenvalue weighted by Crippen LogP contribution is -2.41. The monoisotopic (exact) mass is 276 g/mol. The Kier molecular flexibility index (Phi) is 5.06. The number of sulfone groups is 1. The van der Waals surface area contributed by atoms with Crippen LogP contribution in [0, 0.1) is 5.82 Å². The summed E-state index contributed by atoms with van der Waals surface area (Å²) in [5, 5.41) is 0. The van der Waals surface area contributed by atoms with Crippen molar-refractivity contribution in [2.24, 2.45) is 5.84 Å². The first-order valence-electron chi connectivity index (χ1n) is 5.32. The molecule has 0 spiro atoms. The van der Waals surface area contributed by atoms with E-state index in [9.17, 15) is 12.8 Å². The third-order valence-corrected chi connectivity index (χ3v) is 3.45. The molecule has 18 heavy (non-hydrogen) atoms. The van der Waals surface area contributed by atoms with Crippen LogP contribution in [-0.2, 0) is 16.3 Å². The molecular weight excluding hydrogens is 259 g/mol. The predicted molar refractivity (Wildman–Crippen MR) is 67.5 cm³/mol. The standard InChI is InChI=1S/C11H17FN2O3S/c1-17-11-4-3-8(6-10(11)12)5-9(14-13)7-18(2,15)16/h3-4,6,9,14H,5,7,13H2,1-2H3. The maximum Gasteiger partial charge on any atom is 0.165 e. The largest absolute Gasteiger partial charge is 0.494 e. The Morgan fingerprint density at radius 2 is 2.17 bits per heavy atom. The van der Waals surface area contributed by atoms with E-state index in [-0.39, 0.29) is 11.5 Å². The van der Waals surface area contributed by atoms with E-state index in [1.807, 2.05) is 0 Å². The predicted octanol–water partition coefficient (Wildman–Crippen LogP) is 0.253. The fourth-order valence-corrected chi connectivity index (χ4v) is 2.60. The average Bonchev–Trinajstić information content (AvgIpc) is 2.26. The van der Waals surface area contributed by atoms with E-state index in [2.05, 4.69) is 5.43 Å². The van der Waals surface area contributed by atoms with Crippen LogP contribution in [0.5, 0.6) is 5.75 Å². The molecular formula is C11H17FN2O3S. The zero-order valence-electron chi connectivity index (χ0n) is 10.3. The van der Waals surface area contributed by atoms with Crippen molar-refractivity contribution in [3.05, 3.63) is 29.6 Å². The summed E-state index contributed by atoms with van der Waals surface area (Å²) in [4.78, 5) is 0. The van der Waals surface area contributed by atoms with Crippen molar-refractivity contribution in [3.63, 3.8) is 0 Å². The highest BCUT2D eigenvalue weighted by Crippen LogP contribution is 2.18. The summed E-state index contributed by atoms with van der Waals surface area (Å²) < 4.78 is 40.6. The van der Waals surface area contributed by atoms with Crippen molar-refractivity contribution in [1.82, 2.24) is 5.43 Å². The van der Waals surface area contributed by atoms with E-state index in [0.717, 1.165) is 6.26 Å². The van der Waals surface area contributed by atoms with Gasteiger partial charge in [0.1, 0.15) is 9.84 Å². The Balaban J connectivity index is 2.79. The van der Waals surface area contributed by atoms with Gasteiger partial charge in [0.15, 0.2) is 11.6 Å². The summed E-state index contributed by atoms with van der Waals surface area (Å²) in [7, 11) is -1.76. The lowest BCUT2D eigenvalue weighted by molar-refractivity contribution is 0.386. The number of nitrogens with two attached hydrogens (primary N) is 1. The van der Waals surface area contributed by atoms with E-state index < -0.39 is 21.7 Å². The molecule has 0 aliphatic carbocycles. The maximum absolute atomic E-state index is 13.4. The van der Waals surface area contributed by atoms with Crippen LogP contribution in [0.2, 0.25) is 0 Å². The third kappa shape index (κ3) is 4.59. The highest BCUT2D eigenvalue weighted by atomic mass is 32.2. The molecule has 5 nitrogen and oxygen atoms in total. The van der Waals surface area contributed by atoms with E-state index >= 15 is 0 Å². The van der Waals surface area contributed by atoms with Crippen molar-refractivity contribution in [2.45, 2.75) is 12.5 Å². The van der Waals surface area contributed by atoms with Gasteiger partial charge in [-0.3, -0.25) is 11.3 Å². The third-order valence-electron chi connectivity index (χ3n) is 2.44. The first-order chi connectivity index (χ1) is 8.35. The zero-order valence-corrected chi connectivity index (χ0v) is 11.1. The molecule has 1 rings (SSSR count). The van der Waals surface area contributed by atoms with Crippen LogP contribution in [0.4, 0.5) is 4.39 Å². The van der Waals surface area contributed by atoms with Gasteiger partial charge in [0, 0.05) is 12.3 Å². The van der Waals surface area contributed by atoms with Gasteiger partial charge >= 0.3 is 0 Å². The first kappa shape index (κ1) is 14.9. The first-order valence-corrected chi connectivity index (χ1v) is 7.38. The molecule has 0 saturated heterocycles. The lowest BCUT2D eigenvalue weighted by Gasteiger charge is -2.15. The van der Waals surface area contributed by atoms with E-state index in [1.165, 1.54) is 19.2 Å². The van der Waals surface area contributed by atoms with Crippen molar-refractivity contribution in [2.75, 3.05) is 19.1 Å². The minimum absolute atomic E-state index is 0.100. The molecule has 0 amide bonds. The van der Waals surface area contributed by atoms with Crippen LogP contribution < -0.4 is 16.0 Å². The summed E-state index contributed by atoms with van der Waals surface area (Å²) in [6, 6.07) is 4.03. The Morgan fingerprint density at radius 1 is 1.50 bits per heavy atom. The Morgan fingerprint density at radius 3 is 2.61 bits per heavy atom. The molecule has 7 heteroatoms. The molecule has 0 aliphatic heterocycles. The van der Waals surface area contributed by atoms with E-state index in [0.29, 0.717) is 12.0 Å². The summed E-state index contributed by atoms with van der Waals surface area (Å²) in [6.07, 6.45) is 1.45. The van der Waals surface area contributed by atoms with Crippen LogP contribution in [0.3, 0.4) is 0 Å². The molecule has 0 bridgehead atoms. The maximum atomic E-state index is 13.4. The van der Waals surface area contributed by atoms with Crippen molar-refractivity contribution in [3.8, 4) is 5.75 Å². The van der Waals surface area contributed by atoms with Gasteiger partial charge in [0.25, 0.3) is 0 Å². The van der Waals surface area contributed by atoms with Crippen LogP contribution in [0.15, 0.2) is 18.2 Å². The topological polar surface area (TPSA) is 81.4 Å². The number of benzene rings is 1. The molecule has 0 aromatic heterocycles. The van der Waals surface area contributed by atoms with Gasteiger partial charge in [0.2, 0.25) is 0 Å². The van der Waals surface area contributed by atoms with Crippen LogP contribution in [0.1, 0.15) is 5.56 Å². The van der Waals surface area contributed by atoms with E-state index in [1.54, 1.807) is 6.07 Å². The van der Waals surface area contributed by atoms with Gasteiger partial charge in [-0.05, 0) is 24.1 Å². The Bertz CT molecular complexity index is 505. The zero-order chi connectivity index (χ0) is 13.8. The highest BCUT2D eigenvalue weighted by molar-refractivity contribution is 7.90. The van der Waals surface area contributed by atoms with Crippen molar-refractivity contribution < 1.29 is 17.5 Å². The smallest absolute Gasteiger partial charge is 0.165 e. The number of ether oxygens (including phenoxy) is 1. The summed E-state index contributed by atoms with van der Waals surface area (Å²) in [5.41, 5.74) is 3.07. The van der Waals surface area contributed by atoms with Crippen LogP contribution >= 0.6 is 0 Å². The molecule has 0 fully saturated rings. The van der Waals surface area contributed by atoms with Crippen molar-refractivity contribution >= 4 is 9.84 Å². The molecule has 1 unspecified atom stereocenters. The molecule has 3 N–H and O–H groups in total. The number of hydrogen-bond acceptors (Lipinski definition) is 5. The number of halogens is 1. The van der Waals surface area contributed by atoms with Gasteiger partial charge in [-0.25, -0.2) is 12.8 Å². The second-order valence-corrected chi connectivity index (χ2v) is 6.31. The second-order valence-electron chi connectivity index (χ2n) is 4.13. The minimum atomic E-state index is -3.14. The number of hydrazine groups is 1. The molecule has 0 heterocycles. The van der Waals surface area contributed by atoms with Crippen molar-refractivity contribution in [1.29, 1.82) is 0 Å². The normalized spacial score (nSPS) is 13.3. The van der Waals surface area contributed by atoms with E-state index in [4.69, 9.17) is 10.6 Å². The van der Waals surface area contributed by atoms with Gasteiger partial charge in [-0.15, -0.1) is 0 Å². The Hall–Kier alpha value is -1.18. The Labute approximate surface area is 106 Å². The fraction of sp³-hybridized carbons (Fsp3) is 0.455. The van der Waals surface area contributed by atoms with Gasteiger partial charge in [0.05, 0.1) is 12.9 Å². The molecule has 1 aromatic carbocycles. The number of hydrogen-bond donors (Lipinski definition) is 2. The average molecular weight is 276 g/mol. The molecule has 1 atom stereocenters. The minimum Gasteiger partial charge on any atom is -0.494 e. The highest BCUT2D eigenvalue weighted by Gasteiger charge is 2.15. The second kappa shape index (κ2) is 6.12. The van der Waals surface area contributed by atoms with Crippen LogP contribution in [-0.4, -0.2) is 33.6 Å². The number of nitrogens with one attached hydrogen (secondary N) is 1. The fourth-order valence-electron chi connectivity index (χ4n) is 1.65. The van der Waals surface area contributed by atoms with Gasteiger partial charge in [-0.2, -0.15) is 0 Å². The quantitative estimate of drug-likeness (QED) is 0.575. The number of rotatable bonds is 6. The summed E-state index contributed by atoms with van der Waals surface area (Å²) in [6.45, 7) is 0. The summed E-state index contributed by atoms with van der Waals surface area (Å²) in [5.74, 6) is 4.86. The molecule has 1 aromatic rings. The SMILES string of the molecule is COc1ccc(CC(CS(C)(=O)=O)NN)cc1F. The molecule has 0 aliphatic rings.